The van der Waals surface area contributed by atoms with E-state index in [2.05, 4.69) is 10.6 Å². The fraction of sp³-hybridized carbons (Fsp3) is 0.0909. The minimum atomic E-state index is -0.653. The van der Waals surface area contributed by atoms with Crippen LogP contribution < -0.4 is 10.6 Å². The number of halogens is 1. The SMILES string of the molecule is C[C@@H](NC(=O)c1ccccc1NC(=O)c1cc([N+](=O)[O-])ccc1Cl)c1ccccc1. The highest BCUT2D eigenvalue weighted by Crippen LogP contribution is 2.24. The Balaban J connectivity index is 1.82. The van der Waals surface area contributed by atoms with Crippen molar-refractivity contribution in [1.82, 2.24) is 5.32 Å². The van der Waals surface area contributed by atoms with Crippen LogP contribution in [-0.4, -0.2) is 16.7 Å². The zero-order valence-corrected chi connectivity index (χ0v) is 16.7. The summed E-state index contributed by atoms with van der Waals surface area (Å²) in [4.78, 5) is 35.9. The Morgan fingerprint density at radius 3 is 2.30 bits per heavy atom. The average Bonchev–Trinajstić information content (AvgIpc) is 2.74. The van der Waals surface area contributed by atoms with Gasteiger partial charge in [-0.25, -0.2) is 0 Å². The molecule has 0 aliphatic carbocycles. The lowest BCUT2D eigenvalue weighted by molar-refractivity contribution is -0.384. The molecule has 0 spiro atoms. The minimum absolute atomic E-state index is 0.0567. The minimum Gasteiger partial charge on any atom is -0.345 e. The number of hydrogen-bond donors (Lipinski definition) is 2. The number of carbonyl (C=O) groups is 2. The van der Waals surface area contributed by atoms with Crippen LogP contribution in [0.1, 0.15) is 39.2 Å². The molecule has 2 amide bonds. The summed E-state index contributed by atoms with van der Waals surface area (Å²) in [6.07, 6.45) is 0. The van der Waals surface area contributed by atoms with Gasteiger partial charge in [0.25, 0.3) is 17.5 Å². The number of nitrogens with zero attached hydrogens (tertiary/aromatic N) is 1. The Hall–Kier alpha value is -3.71. The van der Waals surface area contributed by atoms with Crippen molar-refractivity contribution in [3.05, 3.63) is 105 Å². The van der Waals surface area contributed by atoms with Gasteiger partial charge in [-0.05, 0) is 30.7 Å². The normalized spacial score (nSPS) is 11.4. The molecule has 0 bridgehead atoms. The van der Waals surface area contributed by atoms with Crippen LogP contribution in [0.3, 0.4) is 0 Å². The van der Waals surface area contributed by atoms with E-state index < -0.39 is 10.8 Å². The Morgan fingerprint density at radius 2 is 1.60 bits per heavy atom. The molecular weight excluding hydrogens is 406 g/mol. The van der Waals surface area contributed by atoms with Gasteiger partial charge in [-0.15, -0.1) is 0 Å². The molecular formula is C22H18ClN3O4. The molecule has 1 atom stereocenters. The second-order valence-corrected chi connectivity index (χ2v) is 6.93. The van der Waals surface area contributed by atoms with Crippen LogP contribution in [0, 0.1) is 10.1 Å². The van der Waals surface area contributed by atoms with E-state index in [9.17, 15) is 19.7 Å². The van der Waals surface area contributed by atoms with Crippen molar-refractivity contribution in [1.29, 1.82) is 0 Å². The molecule has 0 aliphatic heterocycles. The smallest absolute Gasteiger partial charge is 0.270 e. The van der Waals surface area contributed by atoms with E-state index in [0.29, 0.717) is 0 Å². The zero-order chi connectivity index (χ0) is 21.7. The molecule has 0 aliphatic rings. The molecule has 0 fully saturated rings. The Labute approximate surface area is 177 Å². The van der Waals surface area contributed by atoms with Crippen molar-refractivity contribution in [2.24, 2.45) is 0 Å². The third kappa shape index (κ3) is 4.82. The van der Waals surface area contributed by atoms with Gasteiger partial charge in [0, 0.05) is 12.1 Å². The second kappa shape index (κ2) is 9.19. The summed E-state index contributed by atoms with van der Waals surface area (Å²) < 4.78 is 0. The Bertz CT molecular complexity index is 1100. The van der Waals surface area contributed by atoms with Gasteiger partial charge < -0.3 is 10.6 Å². The summed E-state index contributed by atoms with van der Waals surface area (Å²) >= 11 is 6.04. The predicted octanol–water partition coefficient (Wildman–Crippen LogP) is 4.99. The van der Waals surface area contributed by atoms with E-state index in [4.69, 9.17) is 11.6 Å². The van der Waals surface area contributed by atoms with Gasteiger partial charge in [-0.3, -0.25) is 19.7 Å². The van der Waals surface area contributed by atoms with Crippen LogP contribution in [0.2, 0.25) is 5.02 Å². The van der Waals surface area contributed by atoms with Gasteiger partial charge in [0.2, 0.25) is 0 Å². The third-order valence-electron chi connectivity index (χ3n) is 4.47. The highest BCUT2D eigenvalue weighted by atomic mass is 35.5. The number of para-hydroxylation sites is 1. The van der Waals surface area contributed by atoms with E-state index in [1.54, 1.807) is 24.3 Å². The van der Waals surface area contributed by atoms with Crippen molar-refractivity contribution in [2.75, 3.05) is 5.32 Å². The first-order chi connectivity index (χ1) is 14.4. The number of nitrogens with one attached hydrogen (secondary N) is 2. The van der Waals surface area contributed by atoms with Gasteiger partial charge >= 0.3 is 0 Å². The molecule has 0 unspecified atom stereocenters. The first-order valence-corrected chi connectivity index (χ1v) is 9.44. The summed E-state index contributed by atoms with van der Waals surface area (Å²) in [5, 5.41) is 16.6. The number of hydrogen-bond acceptors (Lipinski definition) is 4. The van der Waals surface area contributed by atoms with Gasteiger partial charge in [0.1, 0.15) is 0 Å². The molecule has 3 aromatic rings. The lowest BCUT2D eigenvalue weighted by Gasteiger charge is -2.16. The fourth-order valence-corrected chi connectivity index (χ4v) is 3.08. The number of benzene rings is 3. The highest BCUT2D eigenvalue weighted by molar-refractivity contribution is 6.34. The summed E-state index contributed by atoms with van der Waals surface area (Å²) in [5.74, 6) is -1.02. The van der Waals surface area contributed by atoms with Crippen LogP contribution >= 0.6 is 11.6 Å². The third-order valence-corrected chi connectivity index (χ3v) is 4.80. The fourth-order valence-electron chi connectivity index (χ4n) is 2.88. The molecule has 0 radical (unpaired) electrons. The van der Waals surface area contributed by atoms with Gasteiger partial charge in [-0.1, -0.05) is 54.1 Å². The zero-order valence-electron chi connectivity index (χ0n) is 16.0. The van der Waals surface area contributed by atoms with Crippen molar-refractivity contribution in [3.63, 3.8) is 0 Å². The van der Waals surface area contributed by atoms with Crippen molar-refractivity contribution in [2.45, 2.75) is 13.0 Å². The summed E-state index contributed by atoms with van der Waals surface area (Å²) in [6.45, 7) is 1.86. The van der Waals surface area contributed by atoms with Crippen LogP contribution in [0.15, 0.2) is 72.8 Å². The number of anilines is 1. The quantitative estimate of drug-likeness (QED) is 0.430. The van der Waals surface area contributed by atoms with Crippen LogP contribution in [-0.2, 0) is 0 Å². The molecule has 0 aromatic heterocycles. The molecule has 0 heterocycles. The average molecular weight is 424 g/mol. The number of nitro benzene ring substituents is 1. The summed E-state index contributed by atoms with van der Waals surface area (Å²) in [7, 11) is 0. The topological polar surface area (TPSA) is 101 Å². The number of amides is 2. The van der Waals surface area contributed by atoms with Crippen LogP contribution in [0.4, 0.5) is 11.4 Å². The number of rotatable bonds is 6. The molecule has 8 heteroatoms. The highest BCUT2D eigenvalue weighted by Gasteiger charge is 2.19. The molecule has 3 rings (SSSR count). The van der Waals surface area contributed by atoms with Crippen LogP contribution in [0.5, 0.6) is 0 Å². The Morgan fingerprint density at radius 1 is 0.933 bits per heavy atom. The van der Waals surface area contributed by atoms with Gasteiger partial charge in [0.15, 0.2) is 0 Å². The number of nitro groups is 1. The molecule has 30 heavy (non-hydrogen) atoms. The van der Waals surface area contributed by atoms with E-state index in [-0.39, 0.29) is 39.5 Å². The first-order valence-electron chi connectivity index (χ1n) is 9.07. The van der Waals surface area contributed by atoms with E-state index in [1.807, 2.05) is 37.3 Å². The van der Waals surface area contributed by atoms with Crippen molar-refractivity contribution in [3.8, 4) is 0 Å². The Kier molecular flexibility index (Phi) is 6.44. The van der Waals surface area contributed by atoms with E-state index >= 15 is 0 Å². The molecule has 152 valence electrons. The maximum atomic E-state index is 12.8. The van der Waals surface area contributed by atoms with Crippen molar-refractivity contribution >= 4 is 34.8 Å². The molecule has 0 saturated carbocycles. The van der Waals surface area contributed by atoms with Crippen LogP contribution in [0.25, 0.3) is 0 Å². The van der Waals surface area contributed by atoms with E-state index in [0.717, 1.165) is 11.6 Å². The first kappa shape index (κ1) is 21.0. The van der Waals surface area contributed by atoms with E-state index in [1.165, 1.54) is 12.1 Å². The lowest BCUT2D eigenvalue weighted by Crippen LogP contribution is -2.28. The monoisotopic (exact) mass is 423 g/mol. The molecule has 0 saturated heterocycles. The maximum Gasteiger partial charge on any atom is 0.270 e. The number of carbonyl (C=O) groups excluding carboxylic acids is 2. The van der Waals surface area contributed by atoms with Gasteiger partial charge in [0.05, 0.1) is 32.8 Å². The summed E-state index contributed by atoms with van der Waals surface area (Å²) in [5.41, 5.74) is 1.15. The molecule has 2 N–H and O–H groups in total. The number of non-ortho nitro benzene ring substituents is 1. The van der Waals surface area contributed by atoms with Gasteiger partial charge in [-0.2, -0.15) is 0 Å². The predicted molar refractivity (Wildman–Crippen MR) is 115 cm³/mol. The lowest BCUT2D eigenvalue weighted by atomic mass is 10.1. The maximum absolute atomic E-state index is 12.8. The molecule has 7 nitrogen and oxygen atoms in total. The van der Waals surface area contributed by atoms with Crippen molar-refractivity contribution < 1.29 is 14.5 Å². The molecule has 3 aromatic carbocycles. The standard InChI is InChI=1S/C22H18ClN3O4/c1-14(15-7-3-2-4-8-15)24-21(27)17-9-5-6-10-20(17)25-22(28)18-13-16(26(29)30)11-12-19(18)23/h2-14H,1H3,(H,24,27)(H,25,28)/t14-/m1/s1. The largest absolute Gasteiger partial charge is 0.345 e. The second-order valence-electron chi connectivity index (χ2n) is 6.53. The summed E-state index contributed by atoms with van der Waals surface area (Å²) in [6, 6.07) is 19.3.